The van der Waals surface area contributed by atoms with Gasteiger partial charge in [0.2, 0.25) is 6.79 Å². The van der Waals surface area contributed by atoms with E-state index in [9.17, 15) is 9.90 Å². The van der Waals surface area contributed by atoms with Gasteiger partial charge in [-0.1, -0.05) is 23.7 Å². The Bertz CT molecular complexity index is 894. The van der Waals surface area contributed by atoms with Gasteiger partial charge in [-0.2, -0.15) is 0 Å². The molecule has 7 nitrogen and oxygen atoms in total. The molecule has 30 heavy (non-hydrogen) atoms. The minimum Gasteiger partial charge on any atom is -0.481 e. The number of ether oxygens (including phenoxy) is 2. The molecule has 0 radical (unpaired) electrons. The molecule has 2 aliphatic rings. The van der Waals surface area contributed by atoms with Crippen LogP contribution >= 0.6 is 11.6 Å². The molecule has 1 saturated heterocycles. The lowest BCUT2D eigenvalue weighted by Gasteiger charge is -2.32. The number of para-hydroxylation sites is 2. The number of carboxylic acids is 1. The van der Waals surface area contributed by atoms with Crippen LogP contribution in [0.1, 0.15) is 19.3 Å². The second-order valence-electron chi connectivity index (χ2n) is 7.45. The van der Waals surface area contributed by atoms with Gasteiger partial charge in [-0.3, -0.25) is 9.63 Å². The van der Waals surface area contributed by atoms with Crippen molar-refractivity contribution in [2.45, 2.75) is 19.3 Å². The summed E-state index contributed by atoms with van der Waals surface area (Å²) in [4.78, 5) is 19.6. The van der Waals surface area contributed by atoms with Gasteiger partial charge in [0.05, 0.1) is 12.5 Å². The van der Waals surface area contributed by atoms with E-state index in [-0.39, 0.29) is 12.7 Å². The molecule has 2 aromatic rings. The molecule has 2 aromatic carbocycles. The van der Waals surface area contributed by atoms with Crippen molar-refractivity contribution in [2.24, 2.45) is 5.92 Å². The van der Waals surface area contributed by atoms with Crippen LogP contribution in [-0.2, 0) is 9.63 Å². The van der Waals surface area contributed by atoms with Crippen LogP contribution in [0.25, 0.3) is 0 Å². The Balaban J connectivity index is 1.45. The molecule has 0 spiro atoms. The highest BCUT2D eigenvalue weighted by molar-refractivity contribution is 6.31. The SMILES string of the molecule is O=C(O)[C@@H]1CCCN(CCCON2c3ccccc3OCOc3ccc(Cl)cc32)C1. The van der Waals surface area contributed by atoms with E-state index in [1.807, 2.05) is 24.3 Å². The fourth-order valence-corrected chi connectivity index (χ4v) is 4.01. The zero-order valence-corrected chi connectivity index (χ0v) is 17.4. The first kappa shape index (κ1) is 20.8. The van der Waals surface area contributed by atoms with Crippen molar-refractivity contribution in [2.75, 3.05) is 38.1 Å². The van der Waals surface area contributed by atoms with Crippen LogP contribution in [0.3, 0.4) is 0 Å². The fraction of sp³-hybridized carbons (Fsp3) is 0.409. The molecular formula is C22H25ClN2O5. The van der Waals surface area contributed by atoms with Crippen LogP contribution in [0, 0.1) is 5.92 Å². The molecule has 0 aliphatic carbocycles. The molecule has 1 atom stereocenters. The normalized spacial score (nSPS) is 19.0. The Morgan fingerprint density at radius 3 is 2.80 bits per heavy atom. The van der Waals surface area contributed by atoms with Crippen LogP contribution in [0.4, 0.5) is 11.4 Å². The molecule has 0 aromatic heterocycles. The van der Waals surface area contributed by atoms with Crippen molar-refractivity contribution in [3.8, 4) is 11.5 Å². The second kappa shape index (κ2) is 9.55. The first-order valence-electron chi connectivity index (χ1n) is 10.1. The van der Waals surface area contributed by atoms with Crippen LogP contribution in [0.5, 0.6) is 11.5 Å². The Morgan fingerprint density at radius 1 is 1.17 bits per heavy atom. The van der Waals surface area contributed by atoms with Gasteiger partial charge >= 0.3 is 5.97 Å². The molecule has 2 aliphatic heterocycles. The van der Waals surface area contributed by atoms with Gasteiger partial charge in [0.15, 0.2) is 0 Å². The molecule has 0 saturated carbocycles. The molecule has 160 valence electrons. The lowest BCUT2D eigenvalue weighted by atomic mass is 9.98. The van der Waals surface area contributed by atoms with Gasteiger partial charge < -0.3 is 19.5 Å². The zero-order chi connectivity index (χ0) is 20.9. The Kier molecular flexibility index (Phi) is 6.62. The highest BCUT2D eigenvalue weighted by atomic mass is 35.5. The quantitative estimate of drug-likeness (QED) is 0.681. The summed E-state index contributed by atoms with van der Waals surface area (Å²) < 4.78 is 11.5. The predicted molar refractivity (Wildman–Crippen MR) is 114 cm³/mol. The summed E-state index contributed by atoms with van der Waals surface area (Å²) in [6, 6.07) is 13.0. The van der Waals surface area contributed by atoms with Gasteiger partial charge in [0.25, 0.3) is 0 Å². The summed E-state index contributed by atoms with van der Waals surface area (Å²) in [5.74, 6) is 0.295. The number of carbonyl (C=O) groups is 1. The van der Waals surface area contributed by atoms with Crippen molar-refractivity contribution < 1.29 is 24.2 Å². The largest absolute Gasteiger partial charge is 0.481 e. The zero-order valence-electron chi connectivity index (χ0n) is 16.6. The maximum absolute atomic E-state index is 11.3. The van der Waals surface area contributed by atoms with Crippen molar-refractivity contribution >= 4 is 28.9 Å². The third-order valence-corrected chi connectivity index (χ3v) is 5.58. The number of aliphatic carboxylic acids is 1. The van der Waals surface area contributed by atoms with Gasteiger partial charge in [0.1, 0.15) is 22.9 Å². The summed E-state index contributed by atoms with van der Waals surface area (Å²) in [5.41, 5.74) is 1.48. The fourth-order valence-electron chi connectivity index (χ4n) is 3.85. The number of fused-ring (bicyclic) bond motifs is 2. The third-order valence-electron chi connectivity index (χ3n) is 5.35. The third kappa shape index (κ3) is 4.80. The number of benzene rings is 2. The van der Waals surface area contributed by atoms with Crippen LogP contribution in [0.15, 0.2) is 42.5 Å². The number of hydrogen-bond donors (Lipinski definition) is 1. The number of rotatable bonds is 6. The number of carboxylic acid groups (broad SMARTS) is 1. The maximum Gasteiger partial charge on any atom is 0.307 e. The highest BCUT2D eigenvalue weighted by Crippen LogP contribution is 2.41. The molecule has 8 heteroatoms. The number of halogens is 1. The average Bonchev–Trinajstić information content (AvgIpc) is 2.74. The molecule has 1 N–H and O–H groups in total. The van der Waals surface area contributed by atoms with Gasteiger partial charge in [-0.05, 0) is 56.1 Å². The minimum absolute atomic E-state index is 0.0964. The molecule has 1 fully saturated rings. The van der Waals surface area contributed by atoms with Crippen molar-refractivity contribution in [1.82, 2.24) is 4.90 Å². The van der Waals surface area contributed by atoms with Crippen molar-refractivity contribution in [3.05, 3.63) is 47.5 Å². The first-order chi connectivity index (χ1) is 14.6. The number of piperidine rings is 1. The van der Waals surface area contributed by atoms with E-state index in [4.69, 9.17) is 25.9 Å². The van der Waals surface area contributed by atoms with Crippen molar-refractivity contribution in [3.63, 3.8) is 0 Å². The molecular weight excluding hydrogens is 408 g/mol. The van der Waals surface area contributed by atoms with Crippen molar-refractivity contribution in [1.29, 1.82) is 0 Å². The smallest absolute Gasteiger partial charge is 0.307 e. The lowest BCUT2D eigenvalue weighted by Crippen LogP contribution is -2.39. The number of likely N-dealkylation sites (tertiary alicyclic amines) is 1. The van der Waals surface area contributed by atoms with E-state index < -0.39 is 5.97 Å². The molecule has 0 amide bonds. The van der Waals surface area contributed by atoms with E-state index >= 15 is 0 Å². The number of hydrogen-bond acceptors (Lipinski definition) is 6. The Hall–Kier alpha value is -2.48. The van der Waals surface area contributed by atoms with Gasteiger partial charge in [-0.25, -0.2) is 5.06 Å². The summed E-state index contributed by atoms with van der Waals surface area (Å²) in [6.07, 6.45) is 2.44. The van der Waals surface area contributed by atoms with Gasteiger partial charge in [0, 0.05) is 18.1 Å². The first-order valence-corrected chi connectivity index (χ1v) is 10.5. The van der Waals surface area contributed by atoms with Crippen LogP contribution < -0.4 is 14.5 Å². The van der Waals surface area contributed by atoms with E-state index in [1.54, 1.807) is 23.3 Å². The summed E-state index contributed by atoms with van der Waals surface area (Å²) in [7, 11) is 0. The average molecular weight is 433 g/mol. The maximum atomic E-state index is 11.3. The monoisotopic (exact) mass is 432 g/mol. The van der Waals surface area contributed by atoms with E-state index in [1.165, 1.54) is 0 Å². The van der Waals surface area contributed by atoms with E-state index in [0.29, 0.717) is 35.4 Å². The summed E-state index contributed by atoms with van der Waals surface area (Å²) in [6.45, 7) is 2.86. The highest BCUT2D eigenvalue weighted by Gasteiger charge is 2.26. The molecule has 2 heterocycles. The molecule has 4 rings (SSSR count). The Morgan fingerprint density at radius 2 is 1.97 bits per heavy atom. The summed E-state index contributed by atoms with van der Waals surface area (Å²) >= 11 is 6.24. The molecule has 0 bridgehead atoms. The molecule has 0 unspecified atom stereocenters. The summed E-state index contributed by atoms with van der Waals surface area (Å²) in [5, 5.41) is 11.5. The number of nitrogens with zero attached hydrogens (tertiary/aromatic N) is 2. The second-order valence-corrected chi connectivity index (χ2v) is 7.88. The lowest BCUT2D eigenvalue weighted by molar-refractivity contribution is -0.143. The minimum atomic E-state index is -0.707. The predicted octanol–water partition coefficient (Wildman–Crippen LogP) is 4.33. The van der Waals surface area contributed by atoms with Crippen LogP contribution in [-0.4, -0.2) is 49.0 Å². The Labute approximate surface area is 180 Å². The van der Waals surface area contributed by atoms with Crippen LogP contribution in [0.2, 0.25) is 5.02 Å². The van der Waals surface area contributed by atoms with Gasteiger partial charge in [-0.15, -0.1) is 0 Å². The topological polar surface area (TPSA) is 71.5 Å². The van der Waals surface area contributed by atoms with E-state index in [2.05, 4.69) is 4.90 Å². The number of anilines is 2. The van der Waals surface area contributed by atoms with E-state index in [0.717, 1.165) is 38.0 Å². The standard InChI is InChI=1S/C22H25ClN2O5/c23-17-8-9-21-19(13-17)25(18-6-1-2-7-20(18)28-15-29-21)30-12-4-11-24-10-3-5-16(14-24)22(26)27/h1-2,6-9,13,16H,3-5,10-12,14-15H2,(H,26,27)/t16-/m1/s1.